The first kappa shape index (κ1) is 12.9. The molecule has 0 radical (unpaired) electrons. The quantitative estimate of drug-likeness (QED) is 0.875. The lowest BCUT2D eigenvalue weighted by Gasteiger charge is -2.26. The van der Waals surface area contributed by atoms with Crippen LogP contribution in [0.5, 0.6) is 5.75 Å². The summed E-state index contributed by atoms with van der Waals surface area (Å²) in [6, 6.07) is 8.28. The molecule has 1 aromatic rings. The highest BCUT2D eigenvalue weighted by Gasteiger charge is 2.35. The standard InChI is InChI=1S/C15H21NO3/c1-17-15(6-7-18-11-15)10-16-8-12-9-19-14-5-3-2-4-13(12)14/h2-5,12,16H,6-11H2,1H3. The van der Waals surface area contributed by atoms with E-state index in [4.69, 9.17) is 14.2 Å². The molecule has 4 nitrogen and oxygen atoms in total. The Morgan fingerprint density at radius 2 is 2.32 bits per heavy atom. The van der Waals surface area contributed by atoms with Gasteiger partial charge >= 0.3 is 0 Å². The van der Waals surface area contributed by atoms with Crippen molar-refractivity contribution in [2.75, 3.05) is 40.0 Å². The molecule has 0 amide bonds. The number of rotatable bonds is 5. The first-order chi connectivity index (χ1) is 9.33. The molecule has 4 heteroatoms. The Kier molecular flexibility index (Phi) is 3.73. The first-order valence-corrected chi connectivity index (χ1v) is 6.88. The van der Waals surface area contributed by atoms with Gasteiger partial charge in [-0.1, -0.05) is 18.2 Å². The average molecular weight is 263 g/mol. The van der Waals surface area contributed by atoms with E-state index in [1.807, 2.05) is 12.1 Å². The van der Waals surface area contributed by atoms with Crippen LogP contribution in [-0.4, -0.2) is 45.6 Å². The van der Waals surface area contributed by atoms with Gasteiger partial charge in [0, 0.05) is 44.7 Å². The number of nitrogens with one attached hydrogen (secondary N) is 1. The Hall–Kier alpha value is -1.10. The van der Waals surface area contributed by atoms with Crippen LogP contribution >= 0.6 is 0 Å². The van der Waals surface area contributed by atoms with E-state index in [9.17, 15) is 0 Å². The maximum absolute atomic E-state index is 5.69. The van der Waals surface area contributed by atoms with Gasteiger partial charge in [0.25, 0.3) is 0 Å². The number of benzene rings is 1. The molecule has 2 heterocycles. The third kappa shape index (κ3) is 2.61. The molecule has 1 fully saturated rings. The van der Waals surface area contributed by atoms with Crippen molar-refractivity contribution in [2.24, 2.45) is 0 Å². The van der Waals surface area contributed by atoms with Crippen molar-refractivity contribution in [3.05, 3.63) is 29.8 Å². The molecule has 19 heavy (non-hydrogen) atoms. The van der Waals surface area contributed by atoms with Gasteiger partial charge in [0.1, 0.15) is 11.4 Å². The highest BCUT2D eigenvalue weighted by Crippen LogP contribution is 2.33. The first-order valence-electron chi connectivity index (χ1n) is 6.88. The number of hydrogen-bond donors (Lipinski definition) is 1. The summed E-state index contributed by atoms with van der Waals surface area (Å²) in [5.74, 6) is 1.47. The fourth-order valence-electron chi connectivity index (χ4n) is 2.83. The molecule has 0 spiro atoms. The lowest BCUT2D eigenvalue weighted by molar-refractivity contribution is -0.0158. The van der Waals surface area contributed by atoms with E-state index in [1.165, 1.54) is 5.56 Å². The predicted octanol–water partition coefficient (Wildman–Crippen LogP) is 1.56. The van der Waals surface area contributed by atoms with Gasteiger partial charge in [-0.2, -0.15) is 0 Å². The van der Waals surface area contributed by atoms with Gasteiger partial charge in [0.2, 0.25) is 0 Å². The van der Waals surface area contributed by atoms with E-state index in [0.717, 1.165) is 38.5 Å². The Labute approximate surface area is 114 Å². The molecule has 1 N–H and O–H groups in total. The van der Waals surface area contributed by atoms with E-state index in [2.05, 4.69) is 17.4 Å². The highest BCUT2D eigenvalue weighted by molar-refractivity contribution is 5.39. The second-order valence-electron chi connectivity index (χ2n) is 5.37. The normalized spacial score (nSPS) is 29.2. The maximum atomic E-state index is 5.69. The van der Waals surface area contributed by atoms with Crippen LogP contribution in [0.15, 0.2) is 24.3 Å². The van der Waals surface area contributed by atoms with E-state index in [0.29, 0.717) is 12.5 Å². The van der Waals surface area contributed by atoms with Crippen LogP contribution in [0.1, 0.15) is 17.9 Å². The summed E-state index contributed by atoms with van der Waals surface area (Å²) in [5.41, 5.74) is 1.17. The highest BCUT2D eigenvalue weighted by atomic mass is 16.5. The summed E-state index contributed by atoms with van der Waals surface area (Å²) in [5, 5.41) is 3.52. The molecule has 0 bridgehead atoms. The van der Waals surface area contributed by atoms with Crippen LogP contribution in [0.2, 0.25) is 0 Å². The predicted molar refractivity (Wildman–Crippen MR) is 72.7 cm³/mol. The largest absolute Gasteiger partial charge is 0.493 e. The van der Waals surface area contributed by atoms with Crippen molar-refractivity contribution in [2.45, 2.75) is 17.9 Å². The number of ether oxygens (including phenoxy) is 3. The molecular weight excluding hydrogens is 242 g/mol. The van der Waals surface area contributed by atoms with Crippen molar-refractivity contribution in [1.82, 2.24) is 5.32 Å². The summed E-state index contributed by atoms with van der Waals surface area (Å²) in [6.45, 7) is 4.01. The Morgan fingerprint density at radius 3 is 3.11 bits per heavy atom. The minimum atomic E-state index is -0.140. The SMILES string of the molecule is COC1(CNCC2COc3ccccc32)CCOC1. The lowest BCUT2D eigenvalue weighted by atomic mass is 10.00. The zero-order chi connectivity index (χ0) is 13.1. The monoisotopic (exact) mass is 263 g/mol. The second-order valence-corrected chi connectivity index (χ2v) is 5.37. The summed E-state index contributed by atoms with van der Waals surface area (Å²) >= 11 is 0. The number of para-hydroxylation sites is 1. The Balaban J connectivity index is 1.54. The number of hydrogen-bond acceptors (Lipinski definition) is 4. The van der Waals surface area contributed by atoms with Crippen LogP contribution in [0.25, 0.3) is 0 Å². The fraction of sp³-hybridized carbons (Fsp3) is 0.600. The smallest absolute Gasteiger partial charge is 0.122 e. The molecule has 1 saturated heterocycles. The van der Waals surface area contributed by atoms with Gasteiger partial charge in [-0.15, -0.1) is 0 Å². The molecule has 0 saturated carbocycles. The Morgan fingerprint density at radius 1 is 1.42 bits per heavy atom. The van der Waals surface area contributed by atoms with Crippen molar-refractivity contribution in [1.29, 1.82) is 0 Å². The van der Waals surface area contributed by atoms with E-state index in [-0.39, 0.29) is 5.60 Å². The van der Waals surface area contributed by atoms with Gasteiger partial charge in [0.15, 0.2) is 0 Å². The molecule has 2 aliphatic rings. The zero-order valence-electron chi connectivity index (χ0n) is 11.4. The third-order valence-corrected chi connectivity index (χ3v) is 4.14. The molecular formula is C15H21NO3. The maximum Gasteiger partial charge on any atom is 0.122 e. The van der Waals surface area contributed by atoms with E-state index < -0.39 is 0 Å². The molecule has 2 atom stereocenters. The van der Waals surface area contributed by atoms with Crippen LogP contribution < -0.4 is 10.1 Å². The van der Waals surface area contributed by atoms with Gasteiger partial charge in [-0.05, 0) is 6.07 Å². The number of fused-ring (bicyclic) bond motifs is 1. The molecule has 1 aromatic carbocycles. The molecule has 3 rings (SSSR count). The molecule has 0 aliphatic carbocycles. The molecule has 104 valence electrons. The molecule has 0 aromatic heterocycles. The van der Waals surface area contributed by atoms with Crippen LogP contribution in [0, 0.1) is 0 Å². The summed E-state index contributed by atoms with van der Waals surface area (Å²) in [6.07, 6.45) is 0.967. The second kappa shape index (κ2) is 5.49. The van der Waals surface area contributed by atoms with Gasteiger partial charge in [-0.3, -0.25) is 0 Å². The van der Waals surface area contributed by atoms with E-state index >= 15 is 0 Å². The number of methoxy groups -OCH3 is 1. The average Bonchev–Trinajstić information content (AvgIpc) is 3.07. The van der Waals surface area contributed by atoms with Crippen molar-refractivity contribution < 1.29 is 14.2 Å². The lowest BCUT2D eigenvalue weighted by Crippen LogP contribution is -2.44. The van der Waals surface area contributed by atoms with Crippen molar-refractivity contribution in [3.8, 4) is 5.75 Å². The van der Waals surface area contributed by atoms with Gasteiger partial charge in [-0.25, -0.2) is 0 Å². The van der Waals surface area contributed by atoms with Crippen LogP contribution in [0.4, 0.5) is 0 Å². The van der Waals surface area contributed by atoms with Gasteiger partial charge < -0.3 is 19.5 Å². The third-order valence-electron chi connectivity index (χ3n) is 4.14. The summed E-state index contributed by atoms with van der Waals surface area (Å²) in [4.78, 5) is 0. The van der Waals surface area contributed by atoms with Crippen molar-refractivity contribution in [3.63, 3.8) is 0 Å². The zero-order valence-corrected chi connectivity index (χ0v) is 11.4. The summed E-state index contributed by atoms with van der Waals surface area (Å²) in [7, 11) is 1.77. The van der Waals surface area contributed by atoms with Crippen molar-refractivity contribution >= 4 is 0 Å². The van der Waals surface area contributed by atoms with E-state index in [1.54, 1.807) is 7.11 Å². The topological polar surface area (TPSA) is 39.7 Å². The molecule has 2 aliphatic heterocycles. The van der Waals surface area contributed by atoms with Gasteiger partial charge in [0.05, 0.1) is 13.2 Å². The fourth-order valence-corrected chi connectivity index (χ4v) is 2.83. The minimum Gasteiger partial charge on any atom is -0.493 e. The van der Waals surface area contributed by atoms with Crippen LogP contribution in [0.3, 0.4) is 0 Å². The Bertz CT molecular complexity index is 429. The summed E-state index contributed by atoms with van der Waals surface area (Å²) < 4.78 is 16.7. The molecule has 2 unspecified atom stereocenters. The minimum absolute atomic E-state index is 0.140. The van der Waals surface area contributed by atoms with Crippen LogP contribution in [-0.2, 0) is 9.47 Å².